The average Bonchev–Trinajstić information content (AvgIpc) is 3.54. The summed E-state index contributed by atoms with van der Waals surface area (Å²) in [5, 5.41) is 11.3. The van der Waals surface area contributed by atoms with Crippen molar-refractivity contribution in [1.82, 2.24) is 15.2 Å². The second-order valence-electron chi connectivity index (χ2n) is 6.86. The van der Waals surface area contributed by atoms with E-state index in [4.69, 9.17) is 11.3 Å². The molecule has 2 heterocycles. The molecule has 0 spiro atoms. The maximum atomic E-state index is 13.3. The molecular formula is C22H15F2N5O2S. The highest BCUT2D eigenvalue weighted by molar-refractivity contribution is 7.15. The van der Waals surface area contributed by atoms with Crippen LogP contribution in [0.1, 0.15) is 40.3 Å². The summed E-state index contributed by atoms with van der Waals surface area (Å²) < 4.78 is 31.8. The maximum Gasteiger partial charge on any atom is 0.280 e. The van der Waals surface area contributed by atoms with Gasteiger partial charge < -0.3 is 4.74 Å². The van der Waals surface area contributed by atoms with Gasteiger partial charge in [-0.3, -0.25) is 15.1 Å². The molecule has 1 aliphatic carbocycles. The number of carbonyl (C=O) groups excluding carboxylic acids is 1. The van der Waals surface area contributed by atoms with Crippen LogP contribution < -0.4 is 10.1 Å². The Morgan fingerprint density at radius 3 is 2.81 bits per heavy atom. The molecule has 7 nitrogen and oxygen atoms in total. The van der Waals surface area contributed by atoms with Crippen molar-refractivity contribution in [1.29, 1.82) is 0 Å². The Labute approximate surface area is 186 Å². The lowest BCUT2D eigenvalue weighted by Crippen LogP contribution is -2.13. The van der Waals surface area contributed by atoms with Crippen molar-refractivity contribution in [3.63, 3.8) is 0 Å². The molecule has 0 unspecified atom stereocenters. The number of carbonyl (C=O) groups is 1. The number of ether oxygens (including phenoxy) is 1. The van der Waals surface area contributed by atoms with Crippen LogP contribution in [0.2, 0.25) is 0 Å². The van der Waals surface area contributed by atoms with Gasteiger partial charge in [0, 0.05) is 17.0 Å². The quantitative estimate of drug-likeness (QED) is 0.431. The van der Waals surface area contributed by atoms with Gasteiger partial charge in [0.1, 0.15) is 11.4 Å². The van der Waals surface area contributed by atoms with E-state index >= 15 is 0 Å². The van der Waals surface area contributed by atoms with E-state index < -0.39 is 18.0 Å². The SMILES string of the molecule is [C-]#[N+]c1ccc(C(=O)Nc2nnc(C#CC3CC3)s2)c(-c2cc(C(F)F)ncc2OC)c1. The van der Waals surface area contributed by atoms with Gasteiger partial charge in [-0.2, -0.15) is 0 Å². The molecule has 0 bridgehead atoms. The van der Waals surface area contributed by atoms with Gasteiger partial charge in [-0.05, 0) is 36.5 Å². The minimum Gasteiger partial charge on any atom is -0.494 e. The summed E-state index contributed by atoms with van der Waals surface area (Å²) in [4.78, 5) is 20.1. The highest BCUT2D eigenvalue weighted by atomic mass is 32.1. The first-order valence-corrected chi connectivity index (χ1v) is 10.3. The maximum absolute atomic E-state index is 13.3. The highest BCUT2D eigenvalue weighted by Gasteiger charge is 2.21. The largest absolute Gasteiger partial charge is 0.494 e. The molecule has 0 atom stereocenters. The zero-order valence-corrected chi connectivity index (χ0v) is 17.5. The molecule has 1 aliphatic rings. The Kier molecular flexibility index (Phi) is 6.06. The van der Waals surface area contributed by atoms with Crippen molar-refractivity contribution in [3.8, 4) is 28.7 Å². The van der Waals surface area contributed by atoms with Crippen molar-refractivity contribution in [2.75, 3.05) is 12.4 Å². The molecule has 0 saturated heterocycles. The Hall–Kier alpha value is -3.89. The smallest absolute Gasteiger partial charge is 0.280 e. The van der Waals surface area contributed by atoms with E-state index in [0.29, 0.717) is 10.9 Å². The topological polar surface area (TPSA) is 81.4 Å². The van der Waals surface area contributed by atoms with E-state index in [1.54, 1.807) is 0 Å². The molecule has 1 amide bonds. The average molecular weight is 451 g/mol. The summed E-state index contributed by atoms with van der Waals surface area (Å²) >= 11 is 1.14. The van der Waals surface area contributed by atoms with Crippen LogP contribution in [0.15, 0.2) is 30.5 Å². The number of alkyl halides is 2. The van der Waals surface area contributed by atoms with Gasteiger partial charge in [-0.15, -0.1) is 10.2 Å². The minimum atomic E-state index is -2.81. The van der Waals surface area contributed by atoms with E-state index in [0.717, 1.165) is 30.2 Å². The number of anilines is 1. The standard InChI is InChI=1S/C22H15F2N5O2S/c1-25-13-6-7-14(15(9-13)16-10-17(20(23)24)26-11-18(16)31-2)21(30)27-22-29-28-19(32-22)8-5-12-3-4-12/h6-7,9-12,20H,3-4H2,2H3,(H,27,29,30). The number of halogens is 2. The lowest BCUT2D eigenvalue weighted by atomic mass is 9.97. The Morgan fingerprint density at radius 1 is 1.31 bits per heavy atom. The zero-order valence-electron chi connectivity index (χ0n) is 16.7. The second kappa shape index (κ2) is 9.08. The van der Waals surface area contributed by atoms with Crippen LogP contribution in [0.3, 0.4) is 0 Å². The predicted octanol–water partition coefficient (Wildman–Crippen LogP) is 5.11. The van der Waals surface area contributed by atoms with Crippen LogP contribution >= 0.6 is 11.3 Å². The van der Waals surface area contributed by atoms with Crippen LogP contribution in [-0.4, -0.2) is 28.2 Å². The van der Waals surface area contributed by atoms with Gasteiger partial charge in [0.05, 0.1) is 19.9 Å². The van der Waals surface area contributed by atoms with E-state index in [2.05, 4.69) is 37.2 Å². The van der Waals surface area contributed by atoms with E-state index in [-0.39, 0.29) is 33.3 Å². The van der Waals surface area contributed by atoms with Gasteiger partial charge in [0.25, 0.3) is 12.3 Å². The van der Waals surface area contributed by atoms with Gasteiger partial charge in [-0.25, -0.2) is 13.6 Å². The molecule has 1 N–H and O–H groups in total. The van der Waals surface area contributed by atoms with Crippen LogP contribution in [-0.2, 0) is 0 Å². The fourth-order valence-electron chi connectivity index (χ4n) is 2.85. The van der Waals surface area contributed by atoms with Crippen molar-refractivity contribution >= 4 is 28.1 Å². The van der Waals surface area contributed by atoms with Gasteiger partial charge in [0.15, 0.2) is 10.7 Å². The number of benzene rings is 1. The number of amides is 1. The molecule has 0 aliphatic heterocycles. The van der Waals surface area contributed by atoms with E-state index in [9.17, 15) is 13.6 Å². The Bertz CT molecular complexity index is 1290. The lowest BCUT2D eigenvalue weighted by Gasteiger charge is -2.14. The number of pyridine rings is 1. The number of hydrogen-bond acceptors (Lipinski definition) is 6. The molecule has 1 aromatic carbocycles. The molecule has 4 rings (SSSR count). The van der Waals surface area contributed by atoms with E-state index in [1.807, 2.05) is 0 Å². The Morgan fingerprint density at radius 2 is 2.12 bits per heavy atom. The Balaban J connectivity index is 1.70. The van der Waals surface area contributed by atoms with Crippen molar-refractivity contribution in [2.24, 2.45) is 5.92 Å². The summed E-state index contributed by atoms with van der Waals surface area (Å²) in [6, 6.07) is 5.52. The number of hydrogen-bond donors (Lipinski definition) is 1. The number of rotatable bonds is 5. The van der Waals surface area contributed by atoms with Gasteiger partial charge in [-0.1, -0.05) is 29.4 Å². The summed E-state index contributed by atoms with van der Waals surface area (Å²) in [6.45, 7) is 7.28. The summed E-state index contributed by atoms with van der Waals surface area (Å²) in [5.74, 6) is 6.09. The molecular weight excluding hydrogens is 436 g/mol. The third-order valence-electron chi connectivity index (χ3n) is 4.61. The fraction of sp³-hybridized carbons (Fsp3) is 0.227. The normalized spacial score (nSPS) is 12.6. The van der Waals surface area contributed by atoms with Crippen LogP contribution in [0, 0.1) is 24.3 Å². The number of nitrogens with zero attached hydrogens (tertiary/aromatic N) is 4. The van der Waals surface area contributed by atoms with Crippen LogP contribution in [0.25, 0.3) is 16.0 Å². The fourth-order valence-corrected chi connectivity index (χ4v) is 3.45. The highest BCUT2D eigenvalue weighted by Crippen LogP contribution is 2.37. The second-order valence-corrected chi connectivity index (χ2v) is 7.84. The zero-order chi connectivity index (χ0) is 22.7. The van der Waals surface area contributed by atoms with Gasteiger partial charge >= 0.3 is 0 Å². The van der Waals surface area contributed by atoms with Crippen molar-refractivity contribution in [3.05, 3.63) is 58.1 Å². The van der Waals surface area contributed by atoms with Crippen molar-refractivity contribution in [2.45, 2.75) is 19.3 Å². The lowest BCUT2D eigenvalue weighted by molar-refractivity contribution is 0.102. The van der Waals surface area contributed by atoms with Crippen molar-refractivity contribution < 1.29 is 18.3 Å². The summed E-state index contributed by atoms with van der Waals surface area (Å²) in [7, 11) is 1.37. The first kappa shape index (κ1) is 21.3. The number of methoxy groups -OCH3 is 1. The first-order valence-electron chi connectivity index (χ1n) is 9.49. The van der Waals surface area contributed by atoms with Crippen LogP contribution in [0.4, 0.5) is 19.6 Å². The molecule has 1 fully saturated rings. The number of aromatic nitrogens is 3. The summed E-state index contributed by atoms with van der Waals surface area (Å²) in [6.07, 6.45) is 0.533. The number of nitrogens with one attached hydrogen (secondary N) is 1. The first-order chi connectivity index (χ1) is 15.5. The minimum absolute atomic E-state index is 0.155. The molecule has 1 saturated carbocycles. The molecule has 32 heavy (non-hydrogen) atoms. The molecule has 0 radical (unpaired) electrons. The van der Waals surface area contributed by atoms with Gasteiger partial charge in [0.2, 0.25) is 5.13 Å². The van der Waals surface area contributed by atoms with Crippen LogP contribution in [0.5, 0.6) is 5.75 Å². The van der Waals surface area contributed by atoms with E-state index in [1.165, 1.54) is 31.5 Å². The summed E-state index contributed by atoms with van der Waals surface area (Å²) in [5.41, 5.74) is 0.408. The third-order valence-corrected chi connectivity index (χ3v) is 5.36. The molecule has 2 aromatic heterocycles. The molecule has 10 heteroatoms. The third kappa shape index (κ3) is 4.71. The predicted molar refractivity (Wildman–Crippen MR) is 115 cm³/mol. The monoisotopic (exact) mass is 451 g/mol. The molecule has 3 aromatic rings. The molecule has 160 valence electrons.